The number of carboxylic acids is 1. The van der Waals surface area contributed by atoms with Gasteiger partial charge in [-0.15, -0.1) is 11.8 Å². The summed E-state index contributed by atoms with van der Waals surface area (Å²) in [5, 5.41) is 13.9. The van der Waals surface area contributed by atoms with Gasteiger partial charge in [-0.2, -0.15) is 0 Å². The van der Waals surface area contributed by atoms with E-state index in [0.717, 1.165) is 0 Å². The number of carboxylic acid groups (broad SMARTS) is 1. The number of rotatable bonds is 7. The van der Waals surface area contributed by atoms with Crippen LogP contribution in [0, 0.1) is 11.8 Å². The fourth-order valence-corrected chi connectivity index (χ4v) is 1.27. The SMILES string of the molecule is CC#CCCNC(=O)NC(C)CCCC(=O)O. The van der Waals surface area contributed by atoms with Crippen LogP contribution in [0.15, 0.2) is 0 Å². The van der Waals surface area contributed by atoms with E-state index in [1.807, 2.05) is 6.92 Å². The number of carbonyl (C=O) groups is 2. The molecule has 1 unspecified atom stereocenters. The van der Waals surface area contributed by atoms with Gasteiger partial charge in [0.15, 0.2) is 0 Å². The highest BCUT2D eigenvalue weighted by Gasteiger charge is 2.07. The Morgan fingerprint density at radius 3 is 2.71 bits per heavy atom. The number of hydrogen-bond acceptors (Lipinski definition) is 2. The van der Waals surface area contributed by atoms with Crippen molar-refractivity contribution in [3.63, 3.8) is 0 Å². The van der Waals surface area contributed by atoms with Gasteiger partial charge in [0.2, 0.25) is 0 Å². The number of carbonyl (C=O) groups excluding carboxylic acids is 1. The third-order valence-corrected chi connectivity index (χ3v) is 2.12. The Morgan fingerprint density at radius 1 is 1.41 bits per heavy atom. The second-order valence-corrected chi connectivity index (χ2v) is 3.76. The fourth-order valence-electron chi connectivity index (χ4n) is 1.27. The second kappa shape index (κ2) is 9.52. The highest BCUT2D eigenvalue weighted by molar-refractivity contribution is 5.74. The Kier molecular flexibility index (Phi) is 8.57. The minimum atomic E-state index is -0.806. The van der Waals surface area contributed by atoms with Crippen molar-refractivity contribution in [2.75, 3.05) is 6.54 Å². The summed E-state index contributed by atoms with van der Waals surface area (Å²) in [6.07, 6.45) is 2.00. The quantitative estimate of drug-likeness (QED) is 0.464. The maximum atomic E-state index is 11.3. The topological polar surface area (TPSA) is 78.4 Å². The highest BCUT2D eigenvalue weighted by Crippen LogP contribution is 2.00. The average molecular weight is 240 g/mol. The summed E-state index contributed by atoms with van der Waals surface area (Å²) in [6.45, 7) is 4.13. The normalized spacial score (nSPS) is 10.9. The monoisotopic (exact) mass is 240 g/mol. The molecule has 2 amide bonds. The molecule has 1 atom stereocenters. The van der Waals surface area contributed by atoms with Crippen molar-refractivity contribution in [2.45, 2.75) is 45.6 Å². The van der Waals surface area contributed by atoms with Crippen LogP contribution in [0.5, 0.6) is 0 Å². The summed E-state index contributed by atoms with van der Waals surface area (Å²) in [4.78, 5) is 21.6. The third-order valence-electron chi connectivity index (χ3n) is 2.12. The molecular weight excluding hydrogens is 220 g/mol. The first kappa shape index (κ1) is 15.3. The van der Waals surface area contributed by atoms with Crippen LogP contribution in [0.4, 0.5) is 4.79 Å². The molecule has 0 bridgehead atoms. The van der Waals surface area contributed by atoms with E-state index in [1.165, 1.54) is 0 Å². The lowest BCUT2D eigenvalue weighted by Gasteiger charge is -2.13. The maximum absolute atomic E-state index is 11.3. The summed E-state index contributed by atoms with van der Waals surface area (Å²) in [6, 6.07) is -0.252. The van der Waals surface area contributed by atoms with Crippen LogP contribution in [0.2, 0.25) is 0 Å². The zero-order chi connectivity index (χ0) is 13.1. The zero-order valence-corrected chi connectivity index (χ0v) is 10.4. The standard InChI is InChI=1S/C12H20N2O3/c1-3-4-5-9-13-12(17)14-10(2)7-6-8-11(15)16/h10H,5-9H2,1-2H3,(H,15,16)(H2,13,14,17). The van der Waals surface area contributed by atoms with Gasteiger partial charge in [0, 0.05) is 25.4 Å². The van der Waals surface area contributed by atoms with Crippen LogP contribution in [0.25, 0.3) is 0 Å². The summed E-state index contributed by atoms with van der Waals surface area (Å²) < 4.78 is 0. The van der Waals surface area contributed by atoms with Crippen molar-refractivity contribution in [3.8, 4) is 11.8 Å². The van der Waals surface area contributed by atoms with E-state index in [2.05, 4.69) is 22.5 Å². The first-order valence-corrected chi connectivity index (χ1v) is 5.72. The summed E-state index contributed by atoms with van der Waals surface area (Å²) in [7, 11) is 0. The molecule has 0 saturated carbocycles. The van der Waals surface area contributed by atoms with Gasteiger partial charge in [0.25, 0.3) is 0 Å². The Balaban J connectivity index is 3.57. The number of amides is 2. The van der Waals surface area contributed by atoms with Crippen molar-refractivity contribution in [1.82, 2.24) is 10.6 Å². The van der Waals surface area contributed by atoms with Gasteiger partial charge in [0.1, 0.15) is 0 Å². The number of nitrogens with one attached hydrogen (secondary N) is 2. The third kappa shape index (κ3) is 10.6. The number of hydrogen-bond donors (Lipinski definition) is 3. The number of urea groups is 1. The zero-order valence-electron chi connectivity index (χ0n) is 10.4. The van der Waals surface area contributed by atoms with Gasteiger partial charge in [-0.1, -0.05) is 0 Å². The molecule has 96 valence electrons. The molecule has 5 nitrogen and oxygen atoms in total. The van der Waals surface area contributed by atoms with Gasteiger partial charge in [0.05, 0.1) is 0 Å². The Morgan fingerprint density at radius 2 is 2.12 bits per heavy atom. The van der Waals surface area contributed by atoms with E-state index >= 15 is 0 Å². The molecule has 3 N–H and O–H groups in total. The van der Waals surface area contributed by atoms with Crippen LogP contribution in [-0.2, 0) is 4.79 Å². The van der Waals surface area contributed by atoms with E-state index in [9.17, 15) is 9.59 Å². The van der Waals surface area contributed by atoms with Crippen molar-refractivity contribution < 1.29 is 14.7 Å². The van der Waals surface area contributed by atoms with Gasteiger partial charge in [-0.3, -0.25) is 4.79 Å². The predicted octanol–water partition coefficient (Wildman–Crippen LogP) is 1.34. The molecule has 0 aliphatic carbocycles. The molecule has 0 aromatic carbocycles. The minimum Gasteiger partial charge on any atom is -0.481 e. The van der Waals surface area contributed by atoms with E-state index < -0.39 is 5.97 Å². The van der Waals surface area contributed by atoms with Crippen molar-refractivity contribution in [3.05, 3.63) is 0 Å². The van der Waals surface area contributed by atoms with Crippen molar-refractivity contribution in [2.24, 2.45) is 0 Å². The molecule has 0 aliphatic rings. The highest BCUT2D eigenvalue weighted by atomic mass is 16.4. The molecule has 0 aromatic rings. The van der Waals surface area contributed by atoms with Crippen LogP contribution < -0.4 is 10.6 Å². The van der Waals surface area contributed by atoms with E-state index in [4.69, 9.17) is 5.11 Å². The molecule has 0 fully saturated rings. The molecule has 0 aliphatic heterocycles. The molecular formula is C12H20N2O3. The van der Waals surface area contributed by atoms with Gasteiger partial charge in [-0.05, 0) is 26.7 Å². The second-order valence-electron chi connectivity index (χ2n) is 3.76. The first-order chi connectivity index (χ1) is 8.06. The van der Waals surface area contributed by atoms with Gasteiger partial charge in [-0.25, -0.2) is 4.79 Å². The van der Waals surface area contributed by atoms with Gasteiger partial charge >= 0.3 is 12.0 Å². The number of aliphatic carboxylic acids is 1. The lowest BCUT2D eigenvalue weighted by molar-refractivity contribution is -0.137. The lowest BCUT2D eigenvalue weighted by Crippen LogP contribution is -2.41. The predicted molar refractivity (Wildman–Crippen MR) is 65.6 cm³/mol. The van der Waals surface area contributed by atoms with Crippen LogP contribution in [-0.4, -0.2) is 29.7 Å². The lowest BCUT2D eigenvalue weighted by atomic mass is 10.1. The average Bonchev–Trinajstić information content (AvgIpc) is 2.23. The largest absolute Gasteiger partial charge is 0.481 e. The van der Waals surface area contributed by atoms with Gasteiger partial charge < -0.3 is 15.7 Å². The Labute approximate surface area is 102 Å². The first-order valence-electron chi connectivity index (χ1n) is 5.72. The minimum absolute atomic E-state index is 0.0217. The molecule has 0 aromatic heterocycles. The molecule has 17 heavy (non-hydrogen) atoms. The molecule has 5 heteroatoms. The summed E-state index contributed by atoms with van der Waals surface area (Å²) in [5.74, 6) is 4.78. The summed E-state index contributed by atoms with van der Waals surface area (Å²) >= 11 is 0. The summed E-state index contributed by atoms with van der Waals surface area (Å²) in [5.41, 5.74) is 0. The smallest absolute Gasteiger partial charge is 0.315 e. The van der Waals surface area contributed by atoms with Crippen molar-refractivity contribution >= 4 is 12.0 Å². The van der Waals surface area contributed by atoms with E-state index in [0.29, 0.717) is 25.8 Å². The Hall–Kier alpha value is -1.70. The van der Waals surface area contributed by atoms with Crippen LogP contribution in [0.3, 0.4) is 0 Å². The molecule has 0 heterocycles. The van der Waals surface area contributed by atoms with Crippen LogP contribution in [0.1, 0.15) is 39.5 Å². The van der Waals surface area contributed by atoms with E-state index in [-0.39, 0.29) is 18.5 Å². The molecule has 0 rings (SSSR count). The maximum Gasteiger partial charge on any atom is 0.315 e. The molecule has 0 spiro atoms. The van der Waals surface area contributed by atoms with Crippen LogP contribution >= 0.6 is 0 Å². The van der Waals surface area contributed by atoms with Crippen molar-refractivity contribution in [1.29, 1.82) is 0 Å². The Bertz CT molecular complexity index is 305. The molecule has 0 saturated heterocycles. The van der Waals surface area contributed by atoms with E-state index in [1.54, 1.807) is 6.92 Å². The molecule has 0 radical (unpaired) electrons. The fraction of sp³-hybridized carbons (Fsp3) is 0.667.